The molecule has 5 heterocycles. The van der Waals surface area contributed by atoms with Crippen LogP contribution in [0, 0.1) is 0 Å². The topological polar surface area (TPSA) is 80.3 Å². The number of imidazole rings is 1. The van der Waals surface area contributed by atoms with Gasteiger partial charge in [-0.3, -0.25) is 14.3 Å². The minimum atomic E-state index is -0.0955. The van der Waals surface area contributed by atoms with Crippen LogP contribution in [-0.4, -0.2) is 41.9 Å². The maximum Gasteiger partial charge on any atom is 0.278 e. The third-order valence-electron chi connectivity index (χ3n) is 6.81. The number of halogens is 1. The fourth-order valence-corrected chi connectivity index (χ4v) is 5.40. The summed E-state index contributed by atoms with van der Waals surface area (Å²) in [5.41, 5.74) is 5.42. The van der Waals surface area contributed by atoms with Gasteiger partial charge in [-0.15, -0.1) is 0 Å². The van der Waals surface area contributed by atoms with Crippen LogP contribution in [0.25, 0.3) is 17.3 Å². The van der Waals surface area contributed by atoms with Crippen LogP contribution in [0.2, 0.25) is 5.02 Å². The number of fused-ring (bicyclic) bond motifs is 6. The highest BCUT2D eigenvalue weighted by Crippen LogP contribution is 2.44. The number of aromatic nitrogens is 4. The van der Waals surface area contributed by atoms with E-state index in [9.17, 15) is 4.79 Å². The highest BCUT2D eigenvalue weighted by Gasteiger charge is 2.43. The van der Waals surface area contributed by atoms with Crippen LogP contribution in [0.1, 0.15) is 45.5 Å². The normalized spacial score (nSPS) is 18.9. The lowest BCUT2D eigenvalue weighted by Gasteiger charge is -2.39. The lowest BCUT2D eigenvalue weighted by Crippen LogP contribution is -2.44. The Morgan fingerprint density at radius 1 is 1.09 bits per heavy atom. The van der Waals surface area contributed by atoms with E-state index in [0.717, 1.165) is 30.9 Å². The number of benzene rings is 2. The molecule has 0 N–H and O–H groups in total. The molecule has 0 unspecified atom stereocenters. The number of rotatable bonds is 3. The van der Waals surface area contributed by atoms with Crippen LogP contribution in [0.4, 0.5) is 0 Å². The molecule has 1 atom stereocenters. The second kappa shape index (κ2) is 7.00. The van der Waals surface area contributed by atoms with E-state index in [4.69, 9.17) is 16.1 Å². The second-order valence-corrected chi connectivity index (χ2v) is 9.12. The molecule has 1 amide bonds. The van der Waals surface area contributed by atoms with Gasteiger partial charge in [0.2, 0.25) is 0 Å². The monoisotopic (exact) mass is 458 g/mol. The van der Waals surface area contributed by atoms with Gasteiger partial charge in [-0.1, -0.05) is 47.1 Å². The number of carbonyl (C=O) groups excluding carboxylic acids is 1. The van der Waals surface area contributed by atoms with Gasteiger partial charge in [-0.05, 0) is 29.7 Å². The molecule has 9 heteroatoms. The van der Waals surface area contributed by atoms with Crippen molar-refractivity contribution in [2.45, 2.75) is 32.1 Å². The van der Waals surface area contributed by atoms with Crippen molar-refractivity contribution in [1.82, 2.24) is 29.5 Å². The predicted molar refractivity (Wildman–Crippen MR) is 120 cm³/mol. The van der Waals surface area contributed by atoms with Gasteiger partial charge in [0.1, 0.15) is 6.33 Å². The van der Waals surface area contributed by atoms with Crippen molar-refractivity contribution in [2.24, 2.45) is 0 Å². The Labute approximate surface area is 194 Å². The first kappa shape index (κ1) is 19.0. The van der Waals surface area contributed by atoms with Gasteiger partial charge in [-0.25, -0.2) is 4.98 Å². The molecule has 0 spiro atoms. The third kappa shape index (κ3) is 2.81. The zero-order valence-corrected chi connectivity index (χ0v) is 18.4. The Morgan fingerprint density at radius 2 is 1.91 bits per heavy atom. The Balaban J connectivity index is 1.24. The molecule has 3 aliphatic rings. The Kier molecular flexibility index (Phi) is 4.04. The molecule has 0 radical (unpaired) electrons. The van der Waals surface area contributed by atoms with E-state index in [1.165, 1.54) is 11.1 Å². The number of nitrogens with zero attached hydrogens (tertiary/aromatic N) is 6. The van der Waals surface area contributed by atoms with Crippen LogP contribution in [0.15, 0.2) is 53.3 Å². The Morgan fingerprint density at radius 3 is 2.67 bits per heavy atom. The fraction of sp³-hybridized carbons (Fsp3) is 0.250. The van der Waals surface area contributed by atoms with E-state index in [-0.39, 0.29) is 11.9 Å². The van der Waals surface area contributed by atoms with Gasteiger partial charge in [0.15, 0.2) is 11.5 Å². The molecule has 0 aliphatic carbocycles. The molecule has 164 valence electrons. The van der Waals surface area contributed by atoms with Gasteiger partial charge >= 0.3 is 0 Å². The fourth-order valence-electron chi connectivity index (χ4n) is 5.15. The van der Waals surface area contributed by atoms with Crippen molar-refractivity contribution >= 4 is 17.5 Å². The van der Waals surface area contributed by atoms with Crippen molar-refractivity contribution < 1.29 is 9.32 Å². The molecular weight excluding hydrogens is 440 g/mol. The first-order valence-electron chi connectivity index (χ1n) is 11.0. The van der Waals surface area contributed by atoms with Gasteiger partial charge < -0.3 is 9.42 Å². The van der Waals surface area contributed by atoms with Crippen molar-refractivity contribution in [3.05, 3.63) is 82.0 Å². The minimum absolute atomic E-state index is 0.0543. The zero-order valence-electron chi connectivity index (χ0n) is 17.6. The highest BCUT2D eigenvalue weighted by atomic mass is 35.5. The summed E-state index contributed by atoms with van der Waals surface area (Å²) >= 11 is 6.43. The molecular formula is C24H19ClN6O2. The van der Waals surface area contributed by atoms with Crippen molar-refractivity contribution in [2.75, 3.05) is 6.54 Å². The first-order valence-corrected chi connectivity index (χ1v) is 11.3. The number of hydrogen-bond donors (Lipinski definition) is 0. The van der Waals surface area contributed by atoms with E-state index in [1.54, 1.807) is 12.4 Å². The molecule has 33 heavy (non-hydrogen) atoms. The van der Waals surface area contributed by atoms with Gasteiger partial charge in [-0.2, -0.15) is 4.98 Å². The van der Waals surface area contributed by atoms with Gasteiger partial charge in [0.05, 0.1) is 34.6 Å². The van der Waals surface area contributed by atoms with E-state index in [0.29, 0.717) is 41.1 Å². The maximum absolute atomic E-state index is 13.2. The molecule has 8 nitrogen and oxygen atoms in total. The Bertz CT molecular complexity index is 1400. The van der Waals surface area contributed by atoms with E-state index in [1.807, 2.05) is 21.6 Å². The maximum atomic E-state index is 13.2. The molecule has 1 saturated heterocycles. The lowest BCUT2D eigenvalue weighted by molar-refractivity contribution is 0.0461. The third-order valence-corrected chi connectivity index (χ3v) is 7.12. The molecule has 0 saturated carbocycles. The molecule has 3 aliphatic heterocycles. The summed E-state index contributed by atoms with van der Waals surface area (Å²) in [6.07, 6.45) is 2.57. The molecule has 2 aromatic carbocycles. The zero-order chi connectivity index (χ0) is 22.1. The highest BCUT2D eigenvalue weighted by molar-refractivity contribution is 6.34. The predicted octanol–water partition coefficient (Wildman–Crippen LogP) is 3.99. The average molecular weight is 459 g/mol. The summed E-state index contributed by atoms with van der Waals surface area (Å²) in [6.45, 7) is 3.03. The summed E-state index contributed by atoms with van der Waals surface area (Å²) in [4.78, 5) is 26.6. The number of hydrogen-bond acceptors (Lipinski definition) is 6. The molecule has 2 aromatic heterocycles. The standard InChI is InChI=1S/C24H19ClN6O2/c25-16-6-3-7-17-20(16)24(32)30-9-8-18(30)22-21(26-13-31(17)22)23-27-19(28-33-23)12-29-10-14-4-1-2-5-15(14)11-29/h1-7,13,18H,8-12H2/t18-/m0/s1. The SMILES string of the molecule is O=C1c2c(Cl)cccc2-n2cnc(-c3nc(CN4Cc5ccccc5C4)no3)c2[C@@H]2CCN12. The summed E-state index contributed by atoms with van der Waals surface area (Å²) < 4.78 is 7.60. The van der Waals surface area contributed by atoms with Crippen molar-refractivity contribution in [1.29, 1.82) is 0 Å². The van der Waals surface area contributed by atoms with E-state index in [2.05, 4.69) is 44.3 Å². The van der Waals surface area contributed by atoms with E-state index >= 15 is 0 Å². The van der Waals surface area contributed by atoms with Crippen LogP contribution in [-0.2, 0) is 19.6 Å². The number of carbonyl (C=O) groups is 1. The Hall–Kier alpha value is -3.49. The smallest absolute Gasteiger partial charge is 0.278 e. The van der Waals surface area contributed by atoms with Crippen LogP contribution in [0.3, 0.4) is 0 Å². The van der Waals surface area contributed by atoms with Crippen molar-refractivity contribution in [3.8, 4) is 17.3 Å². The van der Waals surface area contributed by atoms with Gasteiger partial charge in [0.25, 0.3) is 11.8 Å². The van der Waals surface area contributed by atoms with Crippen molar-refractivity contribution in [3.63, 3.8) is 0 Å². The van der Waals surface area contributed by atoms with Crippen LogP contribution < -0.4 is 0 Å². The molecule has 0 bridgehead atoms. The number of amides is 1. The minimum Gasteiger partial charge on any atom is -0.332 e. The average Bonchev–Trinajstić information content (AvgIpc) is 3.49. The largest absolute Gasteiger partial charge is 0.332 e. The summed E-state index contributed by atoms with van der Waals surface area (Å²) in [7, 11) is 0. The first-order chi connectivity index (χ1) is 16.2. The van der Waals surface area contributed by atoms with Gasteiger partial charge in [0, 0.05) is 19.6 Å². The van der Waals surface area contributed by atoms with Crippen LogP contribution >= 0.6 is 11.6 Å². The quantitative estimate of drug-likeness (QED) is 0.461. The second-order valence-electron chi connectivity index (χ2n) is 8.72. The summed E-state index contributed by atoms with van der Waals surface area (Å²) in [5, 5.41) is 4.67. The van der Waals surface area contributed by atoms with E-state index < -0.39 is 0 Å². The summed E-state index contributed by atoms with van der Waals surface area (Å²) in [5.74, 6) is 0.944. The molecule has 1 fully saturated rings. The summed E-state index contributed by atoms with van der Waals surface area (Å²) in [6, 6.07) is 13.8. The molecule has 4 aromatic rings. The van der Waals surface area contributed by atoms with Crippen LogP contribution in [0.5, 0.6) is 0 Å². The lowest BCUT2D eigenvalue weighted by atomic mass is 9.97. The molecule has 7 rings (SSSR count).